The van der Waals surface area contributed by atoms with Crippen LogP contribution in [0.25, 0.3) is 0 Å². The Balaban J connectivity index is 1.63. The number of aliphatic imine (C=N–C) groups is 1. The summed E-state index contributed by atoms with van der Waals surface area (Å²) in [7, 11) is 3.38. The number of fused-ring (bicyclic) bond motifs is 1. The normalized spacial score (nSPS) is 18.1. The standard InChI is InChI=1S/C26H27FN4O2S/c1-16(18-8-6-5-7-9-18)28-22(32)14-21-15-34-26-29-17(2)23(25(33)30(3)4)24(31(21)26)19-10-12-20(27)13-11-19/h5-13,15-16,24H,14H2,1-4H3,(H,28,32). The van der Waals surface area contributed by atoms with E-state index < -0.39 is 6.04 Å². The molecule has 0 aliphatic carbocycles. The number of benzene rings is 2. The number of hydrogen-bond acceptors (Lipinski definition) is 5. The van der Waals surface area contributed by atoms with Crippen molar-refractivity contribution in [3.05, 3.63) is 93.9 Å². The van der Waals surface area contributed by atoms with Gasteiger partial charge in [-0.05, 0) is 42.5 Å². The van der Waals surface area contributed by atoms with Gasteiger partial charge in [0.25, 0.3) is 5.91 Å². The maximum Gasteiger partial charge on any atom is 0.253 e. The van der Waals surface area contributed by atoms with Gasteiger partial charge in [0.1, 0.15) is 5.82 Å². The molecular weight excluding hydrogens is 451 g/mol. The van der Waals surface area contributed by atoms with Crippen molar-refractivity contribution in [2.45, 2.75) is 32.4 Å². The van der Waals surface area contributed by atoms with Crippen LogP contribution in [0.5, 0.6) is 0 Å². The Labute approximate surface area is 203 Å². The zero-order chi connectivity index (χ0) is 24.4. The SMILES string of the molecule is CC1=C(C(=O)N(C)C)C(c2ccc(F)cc2)N2C(CC(=O)NC(C)c3ccccc3)=CSC2=N1. The number of carbonyl (C=O) groups is 2. The smallest absolute Gasteiger partial charge is 0.253 e. The van der Waals surface area contributed by atoms with Crippen LogP contribution >= 0.6 is 11.8 Å². The molecule has 2 heterocycles. The molecule has 0 spiro atoms. The molecule has 2 unspecified atom stereocenters. The van der Waals surface area contributed by atoms with Crippen molar-refractivity contribution in [3.63, 3.8) is 0 Å². The van der Waals surface area contributed by atoms with Gasteiger partial charge >= 0.3 is 0 Å². The molecular formula is C26H27FN4O2S. The Morgan fingerprint density at radius 3 is 2.47 bits per heavy atom. The van der Waals surface area contributed by atoms with Crippen molar-refractivity contribution in [1.29, 1.82) is 0 Å². The summed E-state index contributed by atoms with van der Waals surface area (Å²) in [5.74, 6) is -0.655. The van der Waals surface area contributed by atoms with E-state index >= 15 is 0 Å². The first-order valence-corrected chi connectivity index (χ1v) is 11.9. The van der Waals surface area contributed by atoms with Crippen LogP contribution in [-0.4, -0.2) is 40.9 Å². The number of amides is 2. The van der Waals surface area contributed by atoms with E-state index in [0.29, 0.717) is 16.4 Å². The van der Waals surface area contributed by atoms with Crippen LogP contribution < -0.4 is 5.32 Å². The Kier molecular flexibility index (Phi) is 6.88. The van der Waals surface area contributed by atoms with Gasteiger partial charge < -0.3 is 15.1 Å². The van der Waals surface area contributed by atoms with Gasteiger partial charge in [0.05, 0.1) is 29.8 Å². The number of amidine groups is 1. The van der Waals surface area contributed by atoms with Gasteiger partial charge in [-0.3, -0.25) is 9.59 Å². The topological polar surface area (TPSA) is 65.0 Å². The first-order chi connectivity index (χ1) is 16.3. The molecule has 2 aromatic carbocycles. The van der Waals surface area contributed by atoms with Gasteiger partial charge in [0, 0.05) is 19.8 Å². The molecule has 2 aliphatic rings. The van der Waals surface area contributed by atoms with Gasteiger partial charge in [-0.1, -0.05) is 54.2 Å². The fourth-order valence-electron chi connectivity index (χ4n) is 4.13. The summed E-state index contributed by atoms with van der Waals surface area (Å²) in [6.45, 7) is 3.75. The molecule has 176 valence electrons. The molecule has 0 bridgehead atoms. The van der Waals surface area contributed by atoms with Crippen molar-refractivity contribution in [2.24, 2.45) is 4.99 Å². The molecule has 34 heavy (non-hydrogen) atoms. The van der Waals surface area contributed by atoms with Crippen LogP contribution in [0, 0.1) is 5.82 Å². The van der Waals surface area contributed by atoms with Gasteiger partial charge in [-0.2, -0.15) is 0 Å². The second-order valence-corrected chi connectivity index (χ2v) is 9.36. The second kappa shape index (κ2) is 9.85. The number of likely N-dealkylation sites (N-methyl/N-ethyl adjacent to an activating group) is 1. The lowest BCUT2D eigenvalue weighted by atomic mass is 9.93. The minimum absolute atomic E-state index is 0.128. The third-order valence-electron chi connectivity index (χ3n) is 5.84. The predicted molar refractivity (Wildman–Crippen MR) is 133 cm³/mol. The second-order valence-electron chi connectivity index (χ2n) is 8.52. The summed E-state index contributed by atoms with van der Waals surface area (Å²) in [4.78, 5) is 34.2. The number of rotatable bonds is 6. The summed E-state index contributed by atoms with van der Waals surface area (Å²) in [6.07, 6.45) is 0.128. The zero-order valence-corrected chi connectivity index (χ0v) is 20.4. The largest absolute Gasteiger partial charge is 0.349 e. The van der Waals surface area contributed by atoms with E-state index in [2.05, 4.69) is 10.3 Å². The van der Waals surface area contributed by atoms with Crippen LogP contribution in [0.15, 0.2) is 82.0 Å². The third kappa shape index (κ3) is 4.77. The van der Waals surface area contributed by atoms with Crippen LogP contribution in [0.2, 0.25) is 0 Å². The van der Waals surface area contributed by atoms with E-state index in [1.807, 2.05) is 54.5 Å². The third-order valence-corrected chi connectivity index (χ3v) is 6.73. The Morgan fingerprint density at radius 1 is 1.15 bits per heavy atom. The monoisotopic (exact) mass is 478 g/mol. The number of nitrogens with zero attached hydrogens (tertiary/aromatic N) is 3. The minimum atomic E-state index is -0.511. The lowest BCUT2D eigenvalue weighted by Gasteiger charge is -2.37. The van der Waals surface area contributed by atoms with E-state index in [1.54, 1.807) is 26.2 Å². The molecule has 6 nitrogen and oxygen atoms in total. The highest BCUT2D eigenvalue weighted by Crippen LogP contribution is 2.44. The number of halogens is 1. The molecule has 0 aromatic heterocycles. The van der Waals surface area contributed by atoms with Crippen LogP contribution in [0.1, 0.15) is 43.5 Å². The van der Waals surface area contributed by atoms with Crippen molar-refractivity contribution >= 4 is 28.7 Å². The quantitative estimate of drug-likeness (QED) is 0.651. The molecule has 2 amide bonds. The number of hydrogen-bond donors (Lipinski definition) is 1. The van der Waals surface area contributed by atoms with Gasteiger partial charge in [-0.15, -0.1) is 0 Å². The highest BCUT2D eigenvalue weighted by Gasteiger charge is 2.40. The summed E-state index contributed by atoms with van der Waals surface area (Å²) >= 11 is 1.42. The first kappa shape index (κ1) is 23.8. The van der Waals surface area contributed by atoms with Gasteiger partial charge in [-0.25, -0.2) is 9.38 Å². The number of allylic oxidation sites excluding steroid dienone is 1. The van der Waals surface area contributed by atoms with Crippen LogP contribution in [0.3, 0.4) is 0 Å². The van der Waals surface area contributed by atoms with Crippen molar-refractivity contribution in [3.8, 4) is 0 Å². The molecule has 2 aliphatic heterocycles. The molecule has 8 heteroatoms. The molecule has 1 N–H and O–H groups in total. The molecule has 0 saturated carbocycles. The highest BCUT2D eigenvalue weighted by molar-refractivity contribution is 8.16. The van der Waals surface area contributed by atoms with Gasteiger partial charge in [0.15, 0.2) is 5.17 Å². The van der Waals surface area contributed by atoms with Crippen molar-refractivity contribution < 1.29 is 14.0 Å². The summed E-state index contributed by atoms with van der Waals surface area (Å²) in [5.41, 5.74) is 3.64. The summed E-state index contributed by atoms with van der Waals surface area (Å²) in [6, 6.07) is 15.2. The maximum absolute atomic E-state index is 13.7. The lowest BCUT2D eigenvalue weighted by molar-refractivity contribution is -0.125. The predicted octanol–water partition coefficient (Wildman–Crippen LogP) is 4.76. The Hall–Kier alpha value is -3.39. The molecule has 2 aromatic rings. The highest BCUT2D eigenvalue weighted by atomic mass is 32.2. The fraction of sp³-hybridized carbons (Fsp3) is 0.269. The number of nitrogens with one attached hydrogen (secondary N) is 1. The van der Waals surface area contributed by atoms with Crippen molar-refractivity contribution in [1.82, 2.24) is 15.1 Å². The van der Waals surface area contributed by atoms with Crippen molar-refractivity contribution in [2.75, 3.05) is 14.1 Å². The summed E-state index contributed by atoms with van der Waals surface area (Å²) < 4.78 is 13.7. The molecule has 0 fully saturated rings. The summed E-state index contributed by atoms with van der Waals surface area (Å²) in [5, 5.41) is 5.65. The average Bonchev–Trinajstić information content (AvgIpc) is 3.20. The first-order valence-electron chi connectivity index (χ1n) is 11.0. The van der Waals surface area contributed by atoms with E-state index in [1.165, 1.54) is 28.8 Å². The maximum atomic E-state index is 13.7. The Bertz CT molecular complexity index is 1190. The minimum Gasteiger partial charge on any atom is -0.349 e. The number of thioether (sulfide) groups is 1. The van der Waals surface area contributed by atoms with E-state index in [-0.39, 0.29) is 30.1 Å². The van der Waals surface area contributed by atoms with Crippen LogP contribution in [0.4, 0.5) is 4.39 Å². The van der Waals surface area contributed by atoms with Gasteiger partial charge in [0.2, 0.25) is 5.91 Å². The average molecular weight is 479 g/mol. The molecule has 2 atom stereocenters. The Morgan fingerprint density at radius 2 is 1.82 bits per heavy atom. The van der Waals surface area contributed by atoms with E-state index in [4.69, 9.17) is 0 Å². The lowest BCUT2D eigenvalue weighted by Crippen LogP contribution is -2.40. The molecule has 4 rings (SSSR count). The van der Waals surface area contributed by atoms with E-state index in [0.717, 1.165) is 16.8 Å². The molecule has 0 saturated heterocycles. The number of carbonyl (C=O) groups excluding carboxylic acids is 2. The molecule has 0 radical (unpaired) electrons. The fourth-order valence-corrected chi connectivity index (χ4v) is 5.09. The van der Waals surface area contributed by atoms with E-state index in [9.17, 15) is 14.0 Å². The van der Waals surface area contributed by atoms with Crippen LogP contribution in [-0.2, 0) is 9.59 Å². The zero-order valence-electron chi connectivity index (χ0n) is 19.6.